The van der Waals surface area contributed by atoms with Crippen LogP contribution < -0.4 is 10.1 Å². The molecular weight excluding hydrogens is 292 g/mol. The second-order valence-electron chi connectivity index (χ2n) is 4.95. The van der Waals surface area contributed by atoms with Crippen molar-refractivity contribution < 1.29 is 9.53 Å². The highest BCUT2D eigenvalue weighted by Crippen LogP contribution is 2.18. The van der Waals surface area contributed by atoms with E-state index in [1.807, 2.05) is 38.1 Å². The molecule has 0 aliphatic heterocycles. The molecule has 0 spiro atoms. The highest BCUT2D eigenvalue weighted by atomic mass is 16.5. The topological polar surface area (TPSA) is 67.4 Å². The van der Waals surface area contributed by atoms with E-state index in [-0.39, 0.29) is 5.91 Å². The molecule has 0 fully saturated rings. The van der Waals surface area contributed by atoms with Gasteiger partial charge in [0.15, 0.2) is 5.69 Å². The number of ether oxygens (including phenoxy) is 1. The van der Waals surface area contributed by atoms with E-state index < -0.39 is 0 Å². The molecule has 2 aromatic rings. The van der Waals surface area contributed by atoms with Gasteiger partial charge in [-0.25, -0.2) is 0 Å². The van der Waals surface area contributed by atoms with Crippen molar-refractivity contribution in [3.05, 3.63) is 47.7 Å². The minimum atomic E-state index is -0.0984. The highest BCUT2D eigenvalue weighted by Gasteiger charge is 2.14. The highest BCUT2D eigenvalue weighted by molar-refractivity contribution is 5.92. The lowest BCUT2D eigenvalue weighted by atomic mass is 10.2. The normalized spacial score (nSPS) is 10.2. The van der Waals surface area contributed by atoms with Crippen molar-refractivity contribution in [1.82, 2.24) is 15.1 Å². The summed E-state index contributed by atoms with van der Waals surface area (Å²) in [6, 6.07) is 11.2. The zero-order valence-corrected chi connectivity index (χ0v) is 13.7. The quantitative estimate of drug-likeness (QED) is 0.851. The summed E-state index contributed by atoms with van der Waals surface area (Å²) in [5.41, 5.74) is 1.39. The van der Waals surface area contributed by atoms with Gasteiger partial charge in [-0.3, -0.25) is 4.79 Å². The molecule has 0 saturated carbocycles. The molecule has 23 heavy (non-hydrogen) atoms. The zero-order chi connectivity index (χ0) is 16.7. The van der Waals surface area contributed by atoms with Crippen molar-refractivity contribution in [2.45, 2.75) is 20.4 Å². The van der Waals surface area contributed by atoms with Gasteiger partial charge in [0, 0.05) is 25.2 Å². The molecular formula is C17H22N4O2. The monoisotopic (exact) mass is 314 g/mol. The number of nitrogens with zero attached hydrogens (tertiary/aromatic N) is 3. The van der Waals surface area contributed by atoms with Gasteiger partial charge in [-0.1, -0.05) is 18.2 Å². The fraction of sp³-hybridized carbons (Fsp3) is 0.353. The maximum atomic E-state index is 12.2. The van der Waals surface area contributed by atoms with Crippen LogP contribution in [0.2, 0.25) is 0 Å². The Labute approximate surface area is 136 Å². The summed E-state index contributed by atoms with van der Waals surface area (Å²) in [7, 11) is 1.65. The number of benzene rings is 1. The first-order valence-corrected chi connectivity index (χ1v) is 7.68. The summed E-state index contributed by atoms with van der Waals surface area (Å²) in [4.78, 5) is 13.9. The first-order valence-electron chi connectivity index (χ1n) is 7.68. The van der Waals surface area contributed by atoms with E-state index in [0.717, 1.165) is 11.3 Å². The molecule has 1 aromatic carbocycles. The lowest BCUT2D eigenvalue weighted by Gasteiger charge is -2.17. The number of methoxy groups -OCH3 is 1. The lowest BCUT2D eigenvalue weighted by Crippen LogP contribution is -2.31. The minimum absolute atomic E-state index is 0.0984. The molecule has 1 amide bonds. The summed E-state index contributed by atoms with van der Waals surface area (Å²) in [6.07, 6.45) is 0. The third kappa shape index (κ3) is 4.18. The first kappa shape index (κ1) is 16.7. The van der Waals surface area contributed by atoms with E-state index in [1.54, 1.807) is 24.1 Å². The van der Waals surface area contributed by atoms with E-state index >= 15 is 0 Å². The summed E-state index contributed by atoms with van der Waals surface area (Å²) >= 11 is 0. The van der Waals surface area contributed by atoms with Crippen LogP contribution in [0.3, 0.4) is 0 Å². The second-order valence-corrected chi connectivity index (χ2v) is 4.95. The molecule has 1 N–H and O–H groups in total. The fourth-order valence-electron chi connectivity index (χ4n) is 2.25. The molecule has 0 unspecified atom stereocenters. The fourth-order valence-corrected chi connectivity index (χ4v) is 2.25. The number of anilines is 1. The molecule has 6 nitrogen and oxygen atoms in total. The predicted molar refractivity (Wildman–Crippen MR) is 89.6 cm³/mol. The molecule has 0 aliphatic carbocycles. The number of amides is 1. The van der Waals surface area contributed by atoms with E-state index in [2.05, 4.69) is 15.5 Å². The molecule has 2 rings (SSSR count). The Morgan fingerprint density at radius 2 is 1.87 bits per heavy atom. The molecule has 1 heterocycles. The Morgan fingerprint density at radius 3 is 2.48 bits per heavy atom. The molecule has 0 aliphatic rings. The van der Waals surface area contributed by atoms with E-state index in [4.69, 9.17) is 4.74 Å². The van der Waals surface area contributed by atoms with Crippen LogP contribution in [0.5, 0.6) is 5.75 Å². The number of aromatic nitrogens is 2. The van der Waals surface area contributed by atoms with Crippen molar-refractivity contribution in [2.75, 3.05) is 25.5 Å². The van der Waals surface area contributed by atoms with Gasteiger partial charge in [0.25, 0.3) is 5.91 Å². The smallest absolute Gasteiger partial charge is 0.274 e. The van der Waals surface area contributed by atoms with Gasteiger partial charge in [-0.15, -0.1) is 10.2 Å². The number of carbonyl (C=O) groups excluding carboxylic acids is 1. The Hall–Kier alpha value is -2.63. The first-order chi connectivity index (χ1) is 11.2. The maximum Gasteiger partial charge on any atom is 0.274 e. The summed E-state index contributed by atoms with van der Waals surface area (Å²) in [5.74, 6) is 1.34. The molecule has 0 radical (unpaired) electrons. The SMILES string of the molecule is CCN(CC)C(=O)c1ccc(NCc2ccccc2OC)nn1. The third-order valence-electron chi connectivity index (χ3n) is 3.59. The van der Waals surface area contributed by atoms with Gasteiger partial charge in [0.2, 0.25) is 0 Å². The lowest BCUT2D eigenvalue weighted by molar-refractivity contribution is 0.0766. The Morgan fingerprint density at radius 1 is 1.13 bits per heavy atom. The van der Waals surface area contributed by atoms with Gasteiger partial charge in [0.05, 0.1) is 7.11 Å². The van der Waals surface area contributed by atoms with Crippen LogP contribution in [-0.2, 0) is 6.54 Å². The Kier molecular flexibility index (Phi) is 5.91. The predicted octanol–water partition coefficient (Wildman–Crippen LogP) is 2.58. The number of carbonyl (C=O) groups is 1. The average molecular weight is 314 g/mol. The number of rotatable bonds is 7. The van der Waals surface area contributed by atoms with Gasteiger partial charge in [-0.05, 0) is 32.0 Å². The molecule has 0 bridgehead atoms. The second kappa shape index (κ2) is 8.12. The van der Waals surface area contributed by atoms with Gasteiger partial charge >= 0.3 is 0 Å². The summed E-state index contributed by atoms with van der Waals surface area (Å²) in [5, 5.41) is 11.3. The van der Waals surface area contributed by atoms with Crippen LogP contribution >= 0.6 is 0 Å². The average Bonchev–Trinajstić information content (AvgIpc) is 2.61. The number of hydrogen-bond acceptors (Lipinski definition) is 5. The minimum Gasteiger partial charge on any atom is -0.496 e. The van der Waals surface area contributed by atoms with E-state index in [0.29, 0.717) is 31.1 Å². The van der Waals surface area contributed by atoms with Crippen molar-refractivity contribution in [3.63, 3.8) is 0 Å². The van der Waals surface area contributed by atoms with Gasteiger partial charge in [-0.2, -0.15) is 0 Å². The summed E-state index contributed by atoms with van der Waals surface area (Å²) in [6.45, 7) is 5.77. The number of nitrogens with one attached hydrogen (secondary N) is 1. The molecule has 122 valence electrons. The number of hydrogen-bond donors (Lipinski definition) is 1. The van der Waals surface area contributed by atoms with Gasteiger partial charge < -0.3 is 15.0 Å². The molecule has 6 heteroatoms. The van der Waals surface area contributed by atoms with Crippen molar-refractivity contribution in [1.29, 1.82) is 0 Å². The van der Waals surface area contributed by atoms with Crippen LogP contribution in [-0.4, -0.2) is 41.2 Å². The van der Waals surface area contributed by atoms with E-state index in [9.17, 15) is 4.79 Å². The van der Waals surface area contributed by atoms with Crippen molar-refractivity contribution in [3.8, 4) is 5.75 Å². The largest absolute Gasteiger partial charge is 0.496 e. The van der Waals surface area contributed by atoms with Crippen LogP contribution in [0.15, 0.2) is 36.4 Å². The Bertz CT molecular complexity index is 639. The van der Waals surface area contributed by atoms with E-state index in [1.165, 1.54) is 0 Å². The Balaban J connectivity index is 2.01. The maximum absolute atomic E-state index is 12.2. The molecule has 0 saturated heterocycles. The van der Waals surface area contributed by atoms with Crippen molar-refractivity contribution >= 4 is 11.7 Å². The molecule has 0 atom stereocenters. The van der Waals surface area contributed by atoms with Crippen LogP contribution in [0, 0.1) is 0 Å². The standard InChI is InChI=1S/C17H22N4O2/c1-4-21(5-2)17(22)14-10-11-16(20-19-14)18-12-13-8-6-7-9-15(13)23-3/h6-11H,4-5,12H2,1-3H3,(H,18,20). The summed E-state index contributed by atoms with van der Waals surface area (Å²) < 4.78 is 5.31. The van der Waals surface area contributed by atoms with Crippen LogP contribution in [0.1, 0.15) is 29.9 Å². The third-order valence-corrected chi connectivity index (χ3v) is 3.59. The molecule has 1 aromatic heterocycles. The number of para-hydroxylation sites is 1. The van der Waals surface area contributed by atoms with Crippen LogP contribution in [0.25, 0.3) is 0 Å². The van der Waals surface area contributed by atoms with Gasteiger partial charge in [0.1, 0.15) is 11.6 Å². The van der Waals surface area contributed by atoms with Crippen molar-refractivity contribution in [2.24, 2.45) is 0 Å². The van der Waals surface area contributed by atoms with Crippen LogP contribution in [0.4, 0.5) is 5.82 Å². The zero-order valence-electron chi connectivity index (χ0n) is 13.7.